The number of aromatic nitrogens is 2. The van der Waals surface area contributed by atoms with Crippen LogP contribution in [0, 0.1) is 0 Å². The van der Waals surface area contributed by atoms with Crippen LogP contribution in [0.2, 0.25) is 5.02 Å². The van der Waals surface area contributed by atoms with Crippen LogP contribution in [-0.2, 0) is 6.42 Å². The number of benzene rings is 1. The zero-order valence-electron chi connectivity index (χ0n) is 12.4. The van der Waals surface area contributed by atoms with E-state index in [1.807, 2.05) is 6.07 Å². The Hall–Kier alpha value is -2.01. The van der Waals surface area contributed by atoms with E-state index in [1.165, 1.54) is 11.1 Å². The summed E-state index contributed by atoms with van der Waals surface area (Å²) in [5.41, 5.74) is 2.88. The van der Waals surface area contributed by atoms with Crippen molar-refractivity contribution < 1.29 is 4.74 Å². The van der Waals surface area contributed by atoms with Gasteiger partial charge in [-0.25, -0.2) is 5.10 Å². The first-order valence-corrected chi connectivity index (χ1v) is 7.70. The topological polar surface area (TPSA) is 67.0 Å². The first-order valence-electron chi connectivity index (χ1n) is 7.33. The molecule has 6 heteroatoms. The van der Waals surface area contributed by atoms with E-state index in [4.69, 9.17) is 16.3 Å². The van der Waals surface area contributed by atoms with Crippen molar-refractivity contribution in [2.24, 2.45) is 0 Å². The van der Waals surface area contributed by atoms with E-state index in [1.54, 1.807) is 13.3 Å². The molecule has 0 saturated heterocycles. The summed E-state index contributed by atoms with van der Waals surface area (Å²) in [5, 5.41) is 9.49. The molecular weight excluding hydrogens is 302 g/mol. The number of aryl methyl sites for hydroxylation is 1. The molecule has 0 fully saturated rings. The third kappa shape index (κ3) is 2.95. The number of hydrogen-bond acceptors (Lipinski definition) is 4. The van der Waals surface area contributed by atoms with Crippen molar-refractivity contribution in [3.63, 3.8) is 0 Å². The van der Waals surface area contributed by atoms with Crippen LogP contribution in [0.3, 0.4) is 0 Å². The van der Waals surface area contributed by atoms with E-state index < -0.39 is 0 Å². The van der Waals surface area contributed by atoms with Gasteiger partial charge in [-0.2, -0.15) is 5.10 Å². The second kappa shape index (κ2) is 6.40. The van der Waals surface area contributed by atoms with Crippen molar-refractivity contribution in [2.75, 3.05) is 19.0 Å². The Morgan fingerprint density at radius 2 is 2.36 bits per heavy atom. The van der Waals surface area contributed by atoms with Crippen molar-refractivity contribution in [1.29, 1.82) is 0 Å². The second-order valence-corrected chi connectivity index (χ2v) is 5.84. The predicted octanol–water partition coefficient (Wildman–Crippen LogP) is 2.96. The SMILES string of the molecule is COc1ccc2c(c1)CCC[C@@H]2CNc1cn[nH]c(=O)c1Cl. The Morgan fingerprint density at radius 3 is 3.18 bits per heavy atom. The van der Waals surface area contributed by atoms with Gasteiger partial charge < -0.3 is 10.1 Å². The first-order chi connectivity index (χ1) is 10.7. The summed E-state index contributed by atoms with van der Waals surface area (Å²) in [4.78, 5) is 11.5. The molecular formula is C16H18ClN3O2. The van der Waals surface area contributed by atoms with Crippen molar-refractivity contribution in [2.45, 2.75) is 25.2 Å². The number of nitrogens with zero attached hydrogens (tertiary/aromatic N) is 1. The van der Waals surface area contributed by atoms with Crippen molar-refractivity contribution >= 4 is 17.3 Å². The molecule has 1 aromatic heterocycles. The molecule has 1 atom stereocenters. The van der Waals surface area contributed by atoms with Crippen LogP contribution in [0.4, 0.5) is 5.69 Å². The lowest BCUT2D eigenvalue weighted by Gasteiger charge is -2.26. The number of halogens is 1. The van der Waals surface area contributed by atoms with Gasteiger partial charge in [-0.1, -0.05) is 17.7 Å². The Labute approximate surface area is 133 Å². The molecule has 1 heterocycles. The Balaban J connectivity index is 1.77. The third-order valence-corrected chi connectivity index (χ3v) is 4.50. The van der Waals surface area contributed by atoms with Crippen LogP contribution in [0.25, 0.3) is 0 Å². The standard InChI is InChI=1S/C16H18ClN3O2/c1-22-12-5-6-13-10(7-12)3-2-4-11(13)8-18-14-9-19-20-16(21)15(14)17/h5-7,9,11H,2-4,8H2,1H3,(H2,18,20,21)/t11-/m1/s1. The van der Waals surface area contributed by atoms with Gasteiger partial charge in [-0.15, -0.1) is 0 Å². The van der Waals surface area contributed by atoms with E-state index in [9.17, 15) is 4.79 Å². The normalized spacial score (nSPS) is 16.9. The number of methoxy groups -OCH3 is 1. The minimum absolute atomic E-state index is 0.153. The molecule has 116 valence electrons. The molecule has 0 spiro atoms. The van der Waals surface area contributed by atoms with Crippen LogP contribution in [0.15, 0.2) is 29.2 Å². The number of aromatic amines is 1. The molecule has 22 heavy (non-hydrogen) atoms. The number of anilines is 1. The van der Waals surface area contributed by atoms with E-state index in [0.717, 1.165) is 31.6 Å². The highest BCUT2D eigenvalue weighted by atomic mass is 35.5. The van der Waals surface area contributed by atoms with Gasteiger partial charge in [0.2, 0.25) is 0 Å². The second-order valence-electron chi connectivity index (χ2n) is 5.46. The molecule has 0 bridgehead atoms. The van der Waals surface area contributed by atoms with Gasteiger partial charge in [0.15, 0.2) is 0 Å². The maximum Gasteiger partial charge on any atom is 0.285 e. The number of ether oxygens (including phenoxy) is 1. The van der Waals surface area contributed by atoms with Crippen molar-refractivity contribution in [3.8, 4) is 5.75 Å². The fourth-order valence-electron chi connectivity index (χ4n) is 2.97. The molecule has 2 N–H and O–H groups in total. The van der Waals surface area contributed by atoms with Crippen LogP contribution in [0.5, 0.6) is 5.75 Å². The fourth-order valence-corrected chi connectivity index (χ4v) is 3.13. The summed E-state index contributed by atoms with van der Waals surface area (Å²) >= 11 is 5.99. The average molecular weight is 320 g/mol. The molecule has 1 aliphatic rings. The number of fused-ring (bicyclic) bond motifs is 1. The van der Waals surface area contributed by atoms with Gasteiger partial charge in [0.1, 0.15) is 10.8 Å². The highest BCUT2D eigenvalue weighted by Crippen LogP contribution is 2.34. The third-order valence-electron chi connectivity index (χ3n) is 4.12. The van der Waals surface area contributed by atoms with Crippen LogP contribution >= 0.6 is 11.6 Å². The predicted molar refractivity (Wildman–Crippen MR) is 87.0 cm³/mol. The largest absolute Gasteiger partial charge is 0.497 e. The fraction of sp³-hybridized carbons (Fsp3) is 0.375. The number of nitrogens with one attached hydrogen (secondary N) is 2. The summed E-state index contributed by atoms with van der Waals surface area (Å²) in [6.45, 7) is 0.726. The lowest BCUT2D eigenvalue weighted by molar-refractivity contribution is 0.413. The maximum atomic E-state index is 11.5. The Bertz CT molecular complexity index is 730. The van der Waals surface area contributed by atoms with Crippen LogP contribution in [0.1, 0.15) is 29.9 Å². The van der Waals surface area contributed by atoms with Crippen molar-refractivity contribution in [1.82, 2.24) is 10.2 Å². The van der Waals surface area contributed by atoms with Gasteiger partial charge in [0.05, 0.1) is 19.0 Å². The lowest BCUT2D eigenvalue weighted by Crippen LogP contribution is -2.20. The molecule has 2 aromatic rings. The van der Waals surface area contributed by atoms with Gasteiger partial charge in [0.25, 0.3) is 5.56 Å². The van der Waals surface area contributed by atoms with E-state index >= 15 is 0 Å². The molecule has 0 radical (unpaired) electrons. The first kappa shape index (κ1) is 14.9. The van der Waals surface area contributed by atoms with Gasteiger partial charge in [0, 0.05) is 12.5 Å². The Kier molecular flexibility index (Phi) is 4.34. The smallest absolute Gasteiger partial charge is 0.285 e. The van der Waals surface area contributed by atoms with Crippen molar-refractivity contribution in [3.05, 3.63) is 50.9 Å². The van der Waals surface area contributed by atoms with Gasteiger partial charge >= 0.3 is 0 Å². The summed E-state index contributed by atoms with van der Waals surface area (Å²) in [6, 6.07) is 6.25. The number of rotatable bonds is 4. The maximum absolute atomic E-state index is 11.5. The number of H-pyrrole nitrogens is 1. The quantitative estimate of drug-likeness (QED) is 0.909. The summed E-state index contributed by atoms with van der Waals surface area (Å²) in [6.07, 6.45) is 4.88. The molecule has 1 aliphatic carbocycles. The molecule has 0 aliphatic heterocycles. The molecule has 0 saturated carbocycles. The van der Waals surface area contributed by atoms with Crippen LogP contribution < -0.4 is 15.6 Å². The summed E-state index contributed by atoms with van der Waals surface area (Å²) in [7, 11) is 1.69. The van der Waals surface area contributed by atoms with Gasteiger partial charge in [-0.05, 0) is 42.5 Å². The highest BCUT2D eigenvalue weighted by molar-refractivity contribution is 6.32. The molecule has 5 nitrogen and oxygen atoms in total. The minimum atomic E-state index is -0.375. The minimum Gasteiger partial charge on any atom is -0.497 e. The molecule has 1 aromatic carbocycles. The monoisotopic (exact) mass is 319 g/mol. The summed E-state index contributed by atoms with van der Waals surface area (Å²) in [5.74, 6) is 1.29. The van der Waals surface area contributed by atoms with E-state index in [-0.39, 0.29) is 10.6 Å². The molecule has 0 unspecified atom stereocenters. The van der Waals surface area contributed by atoms with Crippen LogP contribution in [-0.4, -0.2) is 23.9 Å². The average Bonchev–Trinajstić information content (AvgIpc) is 2.55. The Morgan fingerprint density at radius 1 is 1.50 bits per heavy atom. The lowest BCUT2D eigenvalue weighted by atomic mass is 9.82. The molecule has 3 rings (SSSR count). The van der Waals surface area contributed by atoms with E-state index in [2.05, 4.69) is 27.6 Å². The zero-order valence-corrected chi connectivity index (χ0v) is 13.1. The summed E-state index contributed by atoms with van der Waals surface area (Å²) < 4.78 is 5.29. The molecule has 0 amide bonds. The zero-order chi connectivity index (χ0) is 15.5. The number of hydrogen-bond donors (Lipinski definition) is 2. The highest BCUT2D eigenvalue weighted by Gasteiger charge is 2.21. The van der Waals surface area contributed by atoms with E-state index in [0.29, 0.717) is 11.6 Å². The van der Waals surface area contributed by atoms with Gasteiger partial charge in [-0.3, -0.25) is 4.79 Å².